The molecule has 1 aliphatic heterocycles. The Morgan fingerprint density at radius 2 is 2.25 bits per heavy atom. The quantitative estimate of drug-likeness (QED) is 0.625. The summed E-state index contributed by atoms with van der Waals surface area (Å²) in [6, 6.07) is 0. The fourth-order valence-electron chi connectivity index (χ4n) is 0.474. The zero-order valence-corrected chi connectivity index (χ0v) is 6.74. The van der Waals surface area contributed by atoms with Crippen molar-refractivity contribution >= 4 is 22.3 Å². The Labute approximate surface area is 67.9 Å². The van der Waals surface area contributed by atoms with E-state index in [4.69, 9.17) is 5.11 Å². The number of oxime groups is 1. The minimum atomic E-state index is -4.14. The van der Waals surface area contributed by atoms with Gasteiger partial charge in [0.15, 0.2) is 0 Å². The molecule has 0 aromatic heterocycles. The van der Waals surface area contributed by atoms with Crippen LogP contribution in [0.5, 0.6) is 0 Å². The van der Waals surface area contributed by atoms with Gasteiger partial charge in [0.05, 0.1) is 0 Å². The molecule has 0 aromatic carbocycles. The molecule has 1 unspecified atom stereocenters. The molecule has 0 saturated carbocycles. The van der Waals surface area contributed by atoms with Crippen molar-refractivity contribution in [2.24, 2.45) is 11.1 Å². The summed E-state index contributed by atoms with van der Waals surface area (Å²) in [6.07, 6.45) is 0. The van der Waals surface area contributed by atoms with Gasteiger partial charge in [-0.3, -0.25) is 4.79 Å². The van der Waals surface area contributed by atoms with Crippen molar-refractivity contribution in [1.29, 1.82) is 0 Å². The fourth-order valence-corrected chi connectivity index (χ4v) is 1.05. The molecule has 0 saturated heterocycles. The van der Waals surface area contributed by atoms with E-state index in [1.54, 1.807) is 0 Å². The SMILES string of the molecule is CC(C(=O)O)C1=NOS(=O)(=O)O1. The molecule has 0 aromatic rings. The first kappa shape index (κ1) is 8.78. The summed E-state index contributed by atoms with van der Waals surface area (Å²) in [5, 5.41) is 11.3. The maximum absolute atomic E-state index is 10.4. The van der Waals surface area contributed by atoms with Gasteiger partial charge in [-0.25, -0.2) is 4.28 Å². The van der Waals surface area contributed by atoms with Crippen LogP contribution in [0.15, 0.2) is 5.16 Å². The molecule has 8 heteroatoms. The van der Waals surface area contributed by atoms with Crippen LogP contribution in [0.2, 0.25) is 0 Å². The zero-order chi connectivity index (χ0) is 9.35. The zero-order valence-electron chi connectivity index (χ0n) is 5.92. The minimum absolute atomic E-state index is 0.470. The summed E-state index contributed by atoms with van der Waals surface area (Å²) in [5.41, 5.74) is 0. The summed E-state index contributed by atoms with van der Waals surface area (Å²) >= 11 is 0. The van der Waals surface area contributed by atoms with Gasteiger partial charge >= 0.3 is 16.4 Å². The predicted molar refractivity (Wildman–Crippen MR) is 35.3 cm³/mol. The first-order chi connectivity index (χ1) is 5.42. The third-order valence-electron chi connectivity index (χ3n) is 1.15. The lowest BCUT2D eigenvalue weighted by Gasteiger charge is -1.99. The number of carbonyl (C=O) groups is 1. The molecule has 1 aliphatic rings. The van der Waals surface area contributed by atoms with E-state index in [1.807, 2.05) is 0 Å². The number of hydrogen-bond donors (Lipinski definition) is 1. The van der Waals surface area contributed by atoms with Gasteiger partial charge in [0.1, 0.15) is 5.92 Å². The van der Waals surface area contributed by atoms with E-state index in [2.05, 4.69) is 13.6 Å². The predicted octanol–water partition coefficient (Wildman–Crippen LogP) is -0.688. The van der Waals surface area contributed by atoms with Gasteiger partial charge in [0.2, 0.25) is 0 Å². The smallest absolute Gasteiger partial charge is 0.481 e. The molecule has 1 N–H and O–H groups in total. The third kappa shape index (κ3) is 1.64. The molecular weight excluding hydrogens is 190 g/mol. The van der Waals surface area contributed by atoms with Gasteiger partial charge in [-0.05, 0) is 12.1 Å². The Hall–Kier alpha value is -1.31. The number of aliphatic carboxylic acids is 1. The molecule has 0 amide bonds. The summed E-state index contributed by atoms with van der Waals surface area (Å²) in [4.78, 5) is 10.3. The van der Waals surface area contributed by atoms with Crippen molar-refractivity contribution in [3.8, 4) is 0 Å². The van der Waals surface area contributed by atoms with Gasteiger partial charge in [-0.2, -0.15) is 0 Å². The van der Waals surface area contributed by atoms with Gasteiger partial charge in [0, 0.05) is 0 Å². The maximum Gasteiger partial charge on any atom is 0.523 e. The first-order valence-electron chi connectivity index (χ1n) is 2.86. The number of hydrogen-bond acceptors (Lipinski definition) is 6. The van der Waals surface area contributed by atoms with Crippen molar-refractivity contribution in [1.82, 2.24) is 0 Å². The minimum Gasteiger partial charge on any atom is -0.481 e. The second kappa shape index (κ2) is 2.63. The lowest BCUT2D eigenvalue weighted by Crippen LogP contribution is -2.21. The van der Waals surface area contributed by atoms with Crippen molar-refractivity contribution in [2.45, 2.75) is 6.92 Å². The highest BCUT2D eigenvalue weighted by Gasteiger charge is 2.33. The van der Waals surface area contributed by atoms with Gasteiger partial charge in [-0.1, -0.05) is 0 Å². The molecule has 0 bridgehead atoms. The molecule has 0 spiro atoms. The normalized spacial score (nSPS) is 21.9. The van der Waals surface area contributed by atoms with E-state index in [1.165, 1.54) is 6.92 Å². The van der Waals surface area contributed by atoms with Crippen LogP contribution in [-0.2, 0) is 23.7 Å². The van der Waals surface area contributed by atoms with Crippen LogP contribution in [0.3, 0.4) is 0 Å². The number of carboxylic acids is 1. The van der Waals surface area contributed by atoms with Crippen LogP contribution >= 0.6 is 0 Å². The highest BCUT2D eigenvalue weighted by atomic mass is 32.3. The van der Waals surface area contributed by atoms with Crippen LogP contribution in [-0.4, -0.2) is 25.4 Å². The topological polar surface area (TPSA) is 102 Å². The molecule has 0 radical (unpaired) electrons. The number of nitrogens with zero attached hydrogens (tertiary/aromatic N) is 1. The van der Waals surface area contributed by atoms with Crippen molar-refractivity contribution in [2.75, 3.05) is 0 Å². The Balaban J connectivity index is 2.76. The van der Waals surface area contributed by atoms with E-state index in [0.717, 1.165) is 0 Å². The molecule has 1 atom stereocenters. The number of carboxylic acid groups (broad SMARTS) is 1. The average Bonchev–Trinajstić information content (AvgIpc) is 2.28. The molecule has 12 heavy (non-hydrogen) atoms. The standard InChI is InChI=1S/C4H5NO6S/c1-2(4(6)7)3-5-11-12(8,9)10-3/h2H,1H3,(H,6,7). The van der Waals surface area contributed by atoms with Crippen LogP contribution in [0, 0.1) is 5.92 Å². The molecular formula is C4H5NO6S. The average molecular weight is 195 g/mol. The first-order valence-corrected chi connectivity index (χ1v) is 4.19. The lowest BCUT2D eigenvalue weighted by atomic mass is 10.2. The van der Waals surface area contributed by atoms with E-state index in [0.29, 0.717) is 0 Å². The molecule has 0 fully saturated rings. The van der Waals surface area contributed by atoms with Gasteiger partial charge in [0.25, 0.3) is 5.90 Å². The summed E-state index contributed by atoms with van der Waals surface area (Å²) in [7, 11) is -4.14. The molecule has 0 aliphatic carbocycles. The monoisotopic (exact) mass is 195 g/mol. The van der Waals surface area contributed by atoms with E-state index >= 15 is 0 Å². The molecule has 1 rings (SSSR count). The highest BCUT2D eigenvalue weighted by molar-refractivity contribution is 7.82. The van der Waals surface area contributed by atoms with Gasteiger partial charge in [-0.15, -0.1) is 8.42 Å². The molecule has 7 nitrogen and oxygen atoms in total. The van der Waals surface area contributed by atoms with Crippen LogP contribution in [0.4, 0.5) is 0 Å². The van der Waals surface area contributed by atoms with Crippen molar-refractivity contribution < 1.29 is 26.8 Å². The summed E-state index contributed by atoms with van der Waals surface area (Å²) in [6.45, 7) is 1.23. The Morgan fingerprint density at radius 1 is 1.67 bits per heavy atom. The van der Waals surface area contributed by atoms with E-state index in [-0.39, 0.29) is 0 Å². The van der Waals surface area contributed by atoms with Crippen LogP contribution in [0.1, 0.15) is 6.92 Å². The molecule has 68 valence electrons. The Kier molecular flexibility index (Phi) is 1.92. The highest BCUT2D eigenvalue weighted by Crippen LogP contribution is 2.13. The largest absolute Gasteiger partial charge is 0.523 e. The van der Waals surface area contributed by atoms with Crippen LogP contribution < -0.4 is 0 Å². The second-order valence-corrected chi connectivity index (χ2v) is 3.19. The third-order valence-corrected chi connectivity index (χ3v) is 1.78. The Morgan fingerprint density at radius 3 is 2.58 bits per heavy atom. The lowest BCUT2D eigenvalue weighted by molar-refractivity contribution is -0.139. The molecule has 1 heterocycles. The summed E-state index contributed by atoms with van der Waals surface area (Å²) < 4.78 is 28.7. The maximum atomic E-state index is 10.4. The van der Waals surface area contributed by atoms with E-state index in [9.17, 15) is 13.2 Å². The second-order valence-electron chi connectivity index (χ2n) is 2.06. The van der Waals surface area contributed by atoms with Crippen LogP contribution in [0.25, 0.3) is 0 Å². The van der Waals surface area contributed by atoms with Gasteiger partial charge < -0.3 is 9.29 Å². The number of rotatable bonds is 2. The fraction of sp³-hybridized carbons (Fsp3) is 0.500. The van der Waals surface area contributed by atoms with Crippen molar-refractivity contribution in [3.05, 3.63) is 0 Å². The summed E-state index contributed by atoms with van der Waals surface area (Å²) in [5.74, 6) is -2.85. The van der Waals surface area contributed by atoms with Crippen molar-refractivity contribution in [3.63, 3.8) is 0 Å². The Bertz CT molecular complexity index is 329. The van der Waals surface area contributed by atoms with E-state index < -0.39 is 28.2 Å².